The van der Waals surface area contributed by atoms with Crippen LogP contribution in [0.1, 0.15) is 31.9 Å². The molecule has 100 valence electrons. The highest BCUT2D eigenvalue weighted by Crippen LogP contribution is 2.22. The fourth-order valence-corrected chi connectivity index (χ4v) is 1.82. The molecule has 1 unspecified atom stereocenters. The topological polar surface area (TPSA) is 61.4 Å². The first-order valence-corrected chi connectivity index (χ1v) is 6.41. The summed E-state index contributed by atoms with van der Waals surface area (Å²) in [5.74, 6) is 0. The fraction of sp³-hybridized carbons (Fsp3) is 0.500. The van der Waals surface area contributed by atoms with Crippen LogP contribution in [0.2, 0.25) is 0 Å². The molecule has 0 aromatic heterocycles. The molecule has 1 atom stereocenters. The third-order valence-corrected chi connectivity index (χ3v) is 2.89. The monoisotopic (exact) mass is 250 g/mol. The first kappa shape index (κ1) is 14.5. The Bertz CT molecular complexity index is 383. The van der Waals surface area contributed by atoms with Crippen molar-refractivity contribution in [1.29, 1.82) is 0 Å². The maximum Gasteiger partial charge on any atom is 0.319 e. The number of aliphatic hydroxyl groups is 1. The van der Waals surface area contributed by atoms with E-state index in [1.165, 1.54) is 0 Å². The molecular formula is C14H22N2O2. The maximum absolute atomic E-state index is 11.8. The quantitative estimate of drug-likeness (QED) is 0.751. The van der Waals surface area contributed by atoms with Gasteiger partial charge in [-0.25, -0.2) is 4.79 Å². The summed E-state index contributed by atoms with van der Waals surface area (Å²) >= 11 is 0. The molecule has 3 N–H and O–H groups in total. The smallest absolute Gasteiger partial charge is 0.319 e. The molecule has 0 aliphatic carbocycles. The van der Waals surface area contributed by atoms with Crippen molar-refractivity contribution >= 4 is 11.7 Å². The standard InChI is InChI=1S/C14H22N2O2/c1-4-11-7-6-8-12(5-2)13(11)16-14(18)15-10(3)9-17/h6-8,10,17H,4-5,9H2,1-3H3,(H2,15,16,18). The Labute approximate surface area is 108 Å². The van der Waals surface area contributed by atoms with E-state index in [1.807, 2.05) is 18.2 Å². The Morgan fingerprint density at radius 3 is 2.28 bits per heavy atom. The van der Waals surface area contributed by atoms with Gasteiger partial charge in [0.15, 0.2) is 0 Å². The zero-order valence-corrected chi connectivity index (χ0v) is 11.3. The van der Waals surface area contributed by atoms with Gasteiger partial charge in [-0.15, -0.1) is 0 Å². The van der Waals surface area contributed by atoms with Crippen molar-refractivity contribution in [3.8, 4) is 0 Å². The second-order valence-corrected chi connectivity index (χ2v) is 4.34. The highest BCUT2D eigenvalue weighted by atomic mass is 16.3. The van der Waals surface area contributed by atoms with Gasteiger partial charge in [-0.1, -0.05) is 32.0 Å². The summed E-state index contributed by atoms with van der Waals surface area (Å²) in [6, 6.07) is 5.53. The summed E-state index contributed by atoms with van der Waals surface area (Å²) in [4.78, 5) is 11.8. The molecule has 0 saturated carbocycles. The van der Waals surface area contributed by atoms with Crippen LogP contribution in [-0.2, 0) is 12.8 Å². The van der Waals surface area contributed by atoms with Gasteiger partial charge in [-0.05, 0) is 30.9 Å². The summed E-state index contributed by atoms with van der Waals surface area (Å²) in [7, 11) is 0. The van der Waals surface area contributed by atoms with Gasteiger partial charge in [0, 0.05) is 5.69 Å². The number of carbonyl (C=O) groups is 1. The van der Waals surface area contributed by atoms with E-state index in [1.54, 1.807) is 6.92 Å². The van der Waals surface area contributed by atoms with Crippen LogP contribution in [0.4, 0.5) is 10.5 Å². The lowest BCUT2D eigenvalue weighted by molar-refractivity contribution is 0.229. The Hall–Kier alpha value is -1.55. The SMILES string of the molecule is CCc1cccc(CC)c1NC(=O)NC(C)CO. The highest BCUT2D eigenvalue weighted by Gasteiger charge is 2.11. The van der Waals surface area contributed by atoms with Crippen LogP contribution in [0.5, 0.6) is 0 Å². The molecule has 0 aliphatic heterocycles. The molecule has 0 radical (unpaired) electrons. The van der Waals surface area contributed by atoms with E-state index in [-0.39, 0.29) is 18.7 Å². The molecule has 18 heavy (non-hydrogen) atoms. The number of amides is 2. The van der Waals surface area contributed by atoms with Crippen molar-refractivity contribution < 1.29 is 9.90 Å². The van der Waals surface area contributed by atoms with Crippen LogP contribution in [0.25, 0.3) is 0 Å². The Morgan fingerprint density at radius 2 is 1.83 bits per heavy atom. The molecule has 4 heteroatoms. The lowest BCUT2D eigenvalue weighted by Gasteiger charge is -2.16. The van der Waals surface area contributed by atoms with E-state index in [4.69, 9.17) is 5.11 Å². The molecule has 0 heterocycles. The van der Waals surface area contributed by atoms with Gasteiger partial charge < -0.3 is 15.7 Å². The summed E-state index contributed by atoms with van der Waals surface area (Å²) < 4.78 is 0. The maximum atomic E-state index is 11.8. The first-order valence-electron chi connectivity index (χ1n) is 6.41. The van der Waals surface area contributed by atoms with Gasteiger partial charge in [0.25, 0.3) is 0 Å². The minimum absolute atomic E-state index is 0.0660. The summed E-state index contributed by atoms with van der Waals surface area (Å²) in [6.45, 7) is 5.82. The van der Waals surface area contributed by atoms with Crippen LogP contribution < -0.4 is 10.6 Å². The average Bonchev–Trinajstić information content (AvgIpc) is 2.38. The second kappa shape index (κ2) is 7.01. The first-order chi connectivity index (χ1) is 8.62. The average molecular weight is 250 g/mol. The molecule has 0 spiro atoms. The largest absolute Gasteiger partial charge is 0.394 e. The summed E-state index contributed by atoms with van der Waals surface area (Å²) in [6.07, 6.45) is 1.75. The Kier molecular flexibility index (Phi) is 5.65. The van der Waals surface area contributed by atoms with Crippen LogP contribution in [-0.4, -0.2) is 23.8 Å². The van der Waals surface area contributed by atoms with Gasteiger partial charge in [0.2, 0.25) is 0 Å². The summed E-state index contributed by atoms with van der Waals surface area (Å²) in [5, 5.41) is 14.5. The van der Waals surface area contributed by atoms with Gasteiger partial charge in [0.05, 0.1) is 12.6 Å². The molecule has 1 rings (SSSR count). The van der Waals surface area contributed by atoms with Crippen LogP contribution in [0.3, 0.4) is 0 Å². The third kappa shape index (κ3) is 3.74. The van der Waals surface area contributed by atoms with Gasteiger partial charge in [-0.3, -0.25) is 0 Å². The molecule has 1 aromatic rings. The number of urea groups is 1. The number of aliphatic hydroxyl groups excluding tert-OH is 1. The number of hydrogen-bond acceptors (Lipinski definition) is 2. The number of benzene rings is 1. The zero-order valence-electron chi connectivity index (χ0n) is 11.3. The van der Waals surface area contributed by atoms with E-state index >= 15 is 0 Å². The fourth-order valence-electron chi connectivity index (χ4n) is 1.82. The Morgan fingerprint density at radius 1 is 1.28 bits per heavy atom. The lowest BCUT2D eigenvalue weighted by atomic mass is 10.0. The number of rotatable bonds is 5. The highest BCUT2D eigenvalue weighted by molar-refractivity contribution is 5.91. The van der Waals surface area contributed by atoms with Gasteiger partial charge in [0.1, 0.15) is 0 Å². The van der Waals surface area contributed by atoms with Crippen molar-refractivity contribution in [2.75, 3.05) is 11.9 Å². The predicted molar refractivity (Wildman–Crippen MR) is 73.9 cm³/mol. The minimum Gasteiger partial charge on any atom is -0.394 e. The Balaban J connectivity index is 2.85. The van der Waals surface area contributed by atoms with Crippen LogP contribution >= 0.6 is 0 Å². The predicted octanol–water partition coefficient (Wildman–Crippen LogP) is 2.31. The van der Waals surface area contributed by atoms with Gasteiger partial charge >= 0.3 is 6.03 Å². The van der Waals surface area contributed by atoms with Crippen molar-refractivity contribution in [1.82, 2.24) is 5.32 Å². The van der Waals surface area contributed by atoms with Gasteiger partial charge in [-0.2, -0.15) is 0 Å². The number of para-hydroxylation sites is 1. The number of carbonyl (C=O) groups excluding carboxylic acids is 1. The van der Waals surface area contributed by atoms with Crippen molar-refractivity contribution in [2.45, 2.75) is 39.7 Å². The normalized spacial score (nSPS) is 12.0. The van der Waals surface area contributed by atoms with E-state index in [0.717, 1.165) is 29.7 Å². The van der Waals surface area contributed by atoms with E-state index in [2.05, 4.69) is 24.5 Å². The molecule has 1 aromatic carbocycles. The molecule has 0 bridgehead atoms. The molecule has 0 fully saturated rings. The minimum atomic E-state index is -0.271. The van der Waals surface area contributed by atoms with Crippen molar-refractivity contribution in [3.05, 3.63) is 29.3 Å². The molecule has 0 saturated heterocycles. The van der Waals surface area contributed by atoms with E-state index < -0.39 is 0 Å². The number of nitrogens with one attached hydrogen (secondary N) is 2. The number of anilines is 1. The lowest BCUT2D eigenvalue weighted by Crippen LogP contribution is -2.38. The van der Waals surface area contributed by atoms with E-state index in [9.17, 15) is 4.79 Å². The number of hydrogen-bond donors (Lipinski definition) is 3. The second-order valence-electron chi connectivity index (χ2n) is 4.34. The zero-order chi connectivity index (χ0) is 13.5. The molecule has 4 nitrogen and oxygen atoms in total. The summed E-state index contributed by atoms with van der Waals surface area (Å²) in [5.41, 5.74) is 3.15. The van der Waals surface area contributed by atoms with Crippen LogP contribution in [0.15, 0.2) is 18.2 Å². The van der Waals surface area contributed by atoms with Crippen molar-refractivity contribution in [2.24, 2.45) is 0 Å². The van der Waals surface area contributed by atoms with E-state index in [0.29, 0.717) is 0 Å². The van der Waals surface area contributed by atoms with Crippen LogP contribution in [0, 0.1) is 0 Å². The molecular weight excluding hydrogens is 228 g/mol. The third-order valence-electron chi connectivity index (χ3n) is 2.89. The van der Waals surface area contributed by atoms with Crippen molar-refractivity contribution in [3.63, 3.8) is 0 Å². The molecule has 2 amide bonds. The number of aryl methyl sites for hydroxylation is 2. The molecule has 0 aliphatic rings.